The number of anilines is 1. The predicted octanol–water partition coefficient (Wildman–Crippen LogP) is 1.64. The van der Waals surface area contributed by atoms with Gasteiger partial charge in [0.05, 0.1) is 5.92 Å². The minimum absolute atomic E-state index is 0.0284. The van der Waals surface area contributed by atoms with E-state index in [4.69, 9.17) is 5.11 Å². The fraction of sp³-hybridized carbons (Fsp3) is 0.364. The van der Waals surface area contributed by atoms with Crippen molar-refractivity contribution in [3.63, 3.8) is 0 Å². The fourth-order valence-electron chi connectivity index (χ4n) is 1.71. The molecule has 17 heavy (non-hydrogen) atoms. The van der Waals surface area contributed by atoms with Crippen molar-refractivity contribution >= 4 is 23.5 Å². The molecule has 5 nitrogen and oxygen atoms in total. The molecule has 0 fully saturated rings. The molecule has 90 valence electrons. The summed E-state index contributed by atoms with van der Waals surface area (Å²) in [6.45, 7) is 0. The van der Waals surface area contributed by atoms with E-state index in [1.165, 1.54) is 6.33 Å². The first-order chi connectivity index (χ1) is 8.19. The number of hydrogen-bond acceptors (Lipinski definition) is 5. The first-order valence-electron chi connectivity index (χ1n) is 5.22. The van der Waals surface area contributed by atoms with Gasteiger partial charge in [-0.25, -0.2) is 9.97 Å². The number of carboxylic acid groups (broad SMARTS) is 1. The summed E-state index contributed by atoms with van der Waals surface area (Å²) in [5.74, 6) is -0.447. The standard InChI is InChI=1S/C11H13N3O2S/c1-17-10-5-9(12-6-13-10)14-8-3-2-7(4-8)11(15)16/h2-3,5-8H,4H2,1H3,(H,15,16)(H,12,13,14). The van der Waals surface area contributed by atoms with Gasteiger partial charge in [-0.3, -0.25) is 4.79 Å². The Morgan fingerprint density at radius 1 is 1.53 bits per heavy atom. The Morgan fingerprint density at radius 2 is 2.35 bits per heavy atom. The quantitative estimate of drug-likeness (QED) is 0.481. The lowest BCUT2D eigenvalue weighted by atomic mass is 10.1. The number of carbonyl (C=O) groups is 1. The monoisotopic (exact) mass is 251 g/mol. The van der Waals surface area contributed by atoms with Crippen LogP contribution in [0.15, 0.2) is 29.6 Å². The van der Waals surface area contributed by atoms with Gasteiger partial charge in [-0.15, -0.1) is 11.8 Å². The van der Waals surface area contributed by atoms with Crippen LogP contribution in [0.25, 0.3) is 0 Å². The van der Waals surface area contributed by atoms with E-state index in [1.54, 1.807) is 17.8 Å². The van der Waals surface area contributed by atoms with Gasteiger partial charge in [0.1, 0.15) is 17.2 Å². The number of hydrogen-bond donors (Lipinski definition) is 2. The molecule has 0 spiro atoms. The number of aliphatic carboxylic acids is 1. The second kappa shape index (κ2) is 5.18. The van der Waals surface area contributed by atoms with Crippen LogP contribution in [0.1, 0.15) is 6.42 Å². The molecule has 0 bridgehead atoms. The summed E-state index contributed by atoms with van der Waals surface area (Å²) in [6.07, 6.45) is 7.60. The average molecular weight is 251 g/mol. The van der Waals surface area contributed by atoms with Crippen LogP contribution in [0.5, 0.6) is 0 Å². The highest BCUT2D eigenvalue weighted by Crippen LogP contribution is 2.22. The molecule has 0 aromatic carbocycles. The van der Waals surface area contributed by atoms with Crippen LogP contribution >= 0.6 is 11.8 Å². The van der Waals surface area contributed by atoms with Gasteiger partial charge in [0.15, 0.2) is 0 Å². The predicted molar refractivity (Wildman–Crippen MR) is 66.1 cm³/mol. The van der Waals surface area contributed by atoms with Crippen molar-refractivity contribution in [3.05, 3.63) is 24.5 Å². The molecule has 1 aliphatic carbocycles. The van der Waals surface area contributed by atoms with E-state index in [9.17, 15) is 4.79 Å². The fourth-order valence-corrected chi connectivity index (χ4v) is 2.09. The van der Waals surface area contributed by atoms with Gasteiger partial charge in [0, 0.05) is 12.1 Å². The third kappa shape index (κ3) is 2.97. The second-order valence-corrected chi connectivity index (χ2v) is 4.59. The van der Waals surface area contributed by atoms with Crippen LogP contribution in [-0.4, -0.2) is 33.3 Å². The molecule has 1 heterocycles. The lowest BCUT2D eigenvalue weighted by Crippen LogP contribution is -2.19. The highest BCUT2D eigenvalue weighted by Gasteiger charge is 2.24. The van der Waals surface area contributed by atoms with Crippen molar-refractivity contribution in [2.75, 3.05) is 11.6 Å². The van der Waals surface area contributed by atoms with E-state index < -0.39 is 11.9 Å². The first kappa shape index (κ1) is 11.9. The van der Waals surface area contributed by atoms with E-state index in [0.717, 1.165) is 10.8 Å². The highest BCUT2D eigenvalue weighted by molar-refractivity contribution is 7.98. The second-order valence-electron chi connectivity index (χ2n) is 3.76. The molecule has 2 rings (SSSR count). The highest BCUT2D eigenvalue weighted by atomic mass is 32.2. The average Bonchev–Trinajstić information content (AvgIpc) is 2.78. The van der Waals surface area contributed by atoms with Crippen molar-refractivity contribution in [2.45, 2.75) is 17.5 Å². The molecular formula is C11H13N3O2S. The zero-order valence-corrected chi connectivity index (χ0v) is 10.1. The third-order valence-corrected chi connectivity index (χ3v) is 3.23. The summed E-state index contributed by atoms with van der Waals surface area (Å²) < 4.78 is 0. The molecule has 0 aliphatic heterocycles. The van der Waals surface area contributed by atoms with Crippen molar-refractivity contribution in [2.24, 2.45) is 5.92 Å². The number of nitrogens with zero attached hydrogens (tertiary/aromatic N) is 2. The minimum Gasteiger partial charge on any atom is -0.481 e. The summed E-state index contributed by atoms with van der Waals surface area (Å²) in [7, 11) is 0. The number of carboxylic acids is 1. The zero-order chi connectivity index (χ0) is 12.3. The van der Waals surface area contributed by atoms with Gasteiger partial charge in [-0.05, 0) is 12.7 Å². The Morgan fingerprint density at radius 3 is 3.00 bits per heavy atom. The molecule has 6 heteroatoms. The van der Waals surface area contributed by atoms with Crippen LogP contribution in [-0.2, 0) is 4.79 Å². The van der Waals surface area contributed by atoms with E-state index in [1.807, 2.05) is 18.4 Å². The lowest BCUT2D eigenvalue weighted by Gasteiger charge is -2.12. The van der Waals surface area contributed by atoms with E-state index in [-0.39, 0.29) is 6.04 Å². The van der Waals surface area contributed by atoms with Gasteiger partial charge in [-0.1, -0.05) is 12.2 Å². The molecule has 0 saturated heterocycles. The number of rotatable bonds is 4. The third-order valence-electron chi connectivity index (χ3n) is 2.59. The number of nitrogens with one attached hydrogen (secondary N) is 1. The molecule has 0 radical (unpaired) electrons. The molecule has 2 N–H and O–H groups in total. The zero-order valence-electron chi connectivity index (χ0n) is 9.33. The number of aromatic nitrogens is 2. The van der Waals surface area contributed by atoms with Gasteiger partial charge in [-0.2, -0.15) is 0 Å². The maximum atomic E-state index is 10.8. The van der Waals surface area contributed by atoms with Crippen LogP contribution < -0.4 is 5.32 Å². The Bertz CT molecular complexity index is 450. The maximum Gasteiger partial charge on any atom is 0.310 e. The van der Waals surface area contributed by atoms with Crippen molar-refractivity contribution in [1.29, 1.82) is 0 Å². The Labute approximate surface area is 103 Å². The summed E-state index contributed by atoms with van der Waals surface area (Å²) >= 11 is 1.54. The topological polar surface area (TPSA) is 75.1 Å². The smallest absolute Gasteiger partial charge is 0.310 e. The normalized spacial score (nSPS) is 22.6. The molecule has 2 atom stereocenters. The summed E-state index contributed by atoms with van der Waals surface area (Å²) in [5, 5.41) is 12.9. The van der Waals surface area contributed by atoms with Crippen LogP contribution in [0.4, 0.5) is 5.82 Å². The first-order valence-corrected chi connectivity index (χ1v) is 6.45. The van der Waals surface area contributed by atoms with Gasteiger partial charge in [0.25, 0.3) is 0 Å². The maximum absolute atomic E-state index is 10.8. The molecular weight excluding hydrogens is 238 g/mol. The molecule has 2 unspecified atom stereocenters. The summed E-state index contributed by atoms with van der Waals surface area (Å²) in [5.41, 5.74) is 0. The van der Waals surface area contributed by atoms with Crippen molar-refractivity contribution in [3.8, 4) is 0 Å². The van der Waals surface area contributed by atoms with Crippen molar-refractivity contribution in [1.82, 2.24) is 9.97 Å². The molecule has 0 saturated carbocycles. The van der Waals surface area contributed by atoms with Crippen molar-refractivity contribution < 1.29 is 9.90 Å². The van der Waals surface area contributed by atoms with Gasteiger partial charge in [0.2, 0.25) is 0 Å². The summed E-state index contributed by atoms with van der Waals surface area (Å²) in [6, 6.07) is 1.88. The Balaban J connectivity index is 1.98. The van der Waals surface area contributed by atoms with E-state index >= 15 is 0 Å². The molecule has 1 aromatic heterocycles. The Hall–Kier alpha value is -1.56. The van der Waals surface area contributed by atoms with E-state index in [2.05, 4.69) is 15.3 Å². The molecule has 0 amide bonds. The molecule has 1 aliphatic rings. The number of thioether (sulfide) groups is 1. The SMILES string of the molecule is CSc1cc(NC2C=CC(C(=O)O)C2)ncn1. The largest absolute Gasteiger partial charge is 0.481 e. The van der Waals surface area contributed by atoms with Gasteiger partial charge >= 0.3 is 5.97 Å². The van der Waals surface area contributed by atoms with Gasteiger partial charge < -0.3 is 10.4 Å². The minimum atomic E-state index is -0.780. The van der Waals surface area contributed by atoms with E-state index in [0.29, 0.717) is 6.42 Å². The lowest BCUT2D eigenvalue weighted by molar-refractivity contribution is -0.140. The Kier molecular flexibility index (Phi) is 3.63. The van der Waals surface area contributed by atoms with Crippen LogP contribution in [0, 0.1) is 5.92 Å². The molecule has 1 aromatic rings. The van der Waals surface area contributed by atoms with Crippen LogP contribution in [0.3, 0.4) is 0 Å². The van der Waals surface area contributed by atoms with Crippen LogP contribution in [0.2, 0.25) is 0 Å². The summed E-state index contributed by atoms with van der Waals surface area (Å²) in [4.78, 5) is 19.0.